The summed E-state index contributed by atoms with van der Waals surface area (Å²) in [6, 6.07) is 16.0. The van der Waals surface area contributed by atoms with Crippen LogP contribution in [0.15, 0.2) is 71.1 Å². The number of thiazole rings is 1. The molecule has 1 unspecified atom stereocenters. The van der Waals surface area contributed by atoms with Gasteiger partial charge in [-0.25, -0.2) is 13.4 Å². The lowest BCUT2D eigenvalue weighted by Gasteiger charge is -2.18. The molecule has 1 amide bonds. The average Bonchev–Trinajstić information content (AvgIpc) is 3.36. The second-order valence-corrected chi connectivity index (χ2v) is 9.21. The van der Waals surface area contributed by atoms with Gasteiger partial charge in [0.2, 0.25) is 5.91 Å². The third-order valence-electron chi connectivity index (χ3n) is 4.71. The zero-order valence-electron chi connectivity index (χ0n) is 15.5. The Hall–Kier alpha value is -2.75. The number of hydrogen-bond acceptors (Lipinski definition) is 6. The van der Waals surface area contributed by atoms with Crippen LogP contribution in [0.5, 0.6) is 0 Å². The molecule has 0 spiro atoms. The van der Waals surface area contributed by atoms with Gasteiger partial charge < -0.3 is 10.2 Å². The number of sulfonamides is 1. The van der Waals surface area contributed by atoms with E-state index in [9.17, 15) is 13.2 Å². The normalized spacial score (nSPS) is 16.9. The minimum atomic E-state index is -3.70. The number of nitrogens with zero attached hydrogens (tertiary/aromatic N) is 2. The van der Waals surface area contributed by atoms with Crippen LogP contribution in [-0.2, 0) is 21.4 Å². The summed E-state index contributed by atoms with van der Waals surface area (Å²) in [7, 11) is -3.70. The maximum absolute atomic E-state index is 12.7. The third kappa shape index (κ3) is 4.47. The fraction of sp³-hybridized carbons (Fsp3) is 0.200. The van der Waals surface area contributed by atoms with Gasteiger partial charge in [0, 0.05) is 30.4 Å². The second-order valence-electron chi connectivity index (χ2n) is 6.63. The van der Waals surface area contributed by atoms with Crippen molar-refractivity contribution in [1.82, 2.24) is 10.3 Å². The Morgan fingerprint density at radius 2 is 1.86 bits per heavy atom. The summed E-state index contributed by atoms with van der Waals surface area (Å²) in [5.41, 5.74) is 1.81. The van der Waals surface area contributed by atoms with Crippen molar-refractivity contribution in [1.29, 1.82) is 0 Å². The Morgan fingerprint density at radius 1 is 1.10 bits per heavy atom. The van der Waals surface area contributed by atoms with Crippen molar-refractivity contribution in [3.8, 4) is 0 Å². The van der Waals surface area contributed by atoms with Crippen LogP contribution < -0.4 is 14.9 Å². The number of nitrogens with one attached hydrogen (secondary N) is 2. The van der Waals surface area contributed by atoms with Crippen molar-refractivity contribution in [2.45, 2.75) is 23.9 Å². The molecule has 2 aromatic carbocycles. The smallest absolute Gasteiger partial charge is 0.263 e. The Labute approximate surface area is 173 Å². The summed E-state index contributed by atoms with van der Waals surface area (Å²) in [5.74, 6) is -0.00236. The largest absolute Gasteiger partial charge is 0.311 e. The number of amides is 1. The van der Waals surface area contributed by atoms with Crippen LogP contribution in [0.3, 0.4) is 0 Å². The highest BCUT2D eigenvalue weighted by Gasteiger charge is 2.32. The van der Waals surface area contributed by atoms with E-state index in [-0.39, 0.29) is 16.8 Å². The molecule has 0 aliphatic carbocycles. The van der Waals surface area contributed by atoms with Gasteiger partial charge in [-0.1, -0.05) is 30.3 Å². The maximum atomic E-state index is 12.7. The van der Waals surface area contributed by atoms with Gasteiger partial charge in [-0.15, -0.1) is 11.3 Å². The van der Waals surface area contributed by atoms with Crippen LogP contribution >= 0.6 is 11.3 Å². The lowest BCUT2D eigenvalue weighted by Crippen LogP contribution is -2.38. The molecule has 3 aromatic rings. The van der Waals surface area contributed by atoms with Crippen molar-refractivity contribution in [3.05, 3.63) is 71.7 Å². The molecule has 150 valence electrons. The maximum Gasteiger partial charge on any atom is 0.263 e. The molecule has 1 aromatic heterocycles. The number of anilines is 2. The van der Waals surface area contributed by atoms with Gasteiger partial charge in [-0.3, -0.25) is 9.52 Å². The van der Waals surface area contributed by atoms with Crippen molar-refractivity contribution in [3.63, 3.8) is 0 Å². The van der Waals surface area contributed by atoms with Crippen LogP contribution in [0.4, 0.5) is 10.8 Å². The van der Waals surface area contributed by atoms with E-state index in [4.69, 9.17) is 0 Å². The van der Waals surface area contributed by atoms with Crippen molar-refractivity contribution < 1.29 is 13.2 Å². The molecular formula is C20H20N4O3S2. The van der Waals surface area contributed by atoms with Crippen LogP contribution in [0.1, 0.15) is 12.0 Å². The average molecular weight is 429 g/mol. The highest BCUT2D eigenvalue weighted by atomic mass is 32.2. The minimum absolute atomic E-state index is 0.00236. The molecule has 2 N–H and O–H groups in total. The third-order valence-corrected chi connectivity index (χ3v) is 6.89. The topological polar surface area (TPSA) is 91.4 Å². The monoisotopic (exact) mass is 428 g/mol. The van der Waals surface area contributed by atoms with Gasteiger partial charge in [0.1, 0.15) is 0 Å². The van der Waals surface area contributed by atoms with E-state index in [1.807, 2.05) is 30.3 Å². The molecule has 0 radical (unpaired) electrons. The highest BCUT2D eigenvalue weighted by Crippen LogP contribution is 2.25. The first-order valence-corrected chi connectivity index (χ1v) is 11.5. The van der Waals surface area contributed by atoms with Gasteiger partial charge in [-0.2, -0.15) is 0 Å². The van der Waals surface area contributed by atoms with Gasteiger partial charge in [-0.05, 0) is 36.2 Å². The Kier molecular flexibility index (Phi) is 5.61. The van der Waals surface area contributed by atoms with E-state index < -0.39 is 10.0 Å². The van der Waals surface area contributed by atoms with E-state index in [1.165, 1.54) is 29.7 Å². The van der Waals surface area contributed by atoms with Crippen LogP contribution in [-0.4, -0.2) is 31.9 Å². The molecule has 1 aliphatic heterocycles. The fourth-order valence-electron chi connectivity index (χ4n) is 3.22. The van der Waals surface area contributed by atoms with Crippen LogP contribution in [0.2, 0.25) is 0 Å². The molecule has 9 heteroatoms. The predicted octanol–water partition coefficient (Wildman–Crippen LogP) is 2.84. The van der Waals surface area contributed by atoms with Crippen molar-refractivity contribution in [2.75, 3.05) is 16.2 Å². The molecule has 29 heavy (non-hydrogen) atoms. The summed E-state index contributed by atoms with van der Waals surface area (Å²) in [5, 5.41) is 5.32. The van der Waals surface area contributed by atoms with Crippen molar-refractivity contribution >= 4 is 38.1 Å². The number of aromatic nitrogens is 1. The Bertz CT molecular complexity index is 1070. The lowest BCUT2D eigenvalue weighted by atomic mass is 10.2. The molecule has 0 bridgehead atoms. The second kappa shape index (κ2) is 8.32. The molecule has 1 aliphatic rings. The van der Waals surface area contributed by atoms with Crippen LogP contribution in [0.25, 0.3) is 0 Å². The zero-order chi connectivity index (χ0) is 20.3. The van der Waals surface area contributed by atoms with Gasteiger partial charge in [0.15, 0.2) is 5.13 Å². The molecule has 2 heterocycles. The van der Waals surface area contributed by atoms with Crippen molar-refractivity contribution in [2.24, 2.45) is 0 Å². The highest BCUT2D eigenvalue weighted by molar-refractivity contribution is 7.93. The number of carbonyl (C=O) groups excluding carboxylic acids is 1. The molecular weight excluding hydrogens is 408 g/mol. The first-order chi connectivity index (χ1) is 14.0. The lowest BCUT2D eigenvalue weighted by molar-refractivity contribution is -0.118. The van der Waals surface area contributed by atoms with E-state index >= 15 is 0 Å². The van der Waals surface area contributed by atoms with Gasteiger partial charge in [0.05, 0.1) is 10.9 Å². The van der Waals surface area contributed by atoms with E-state index in [2.05, 4.69) is 15.0 Å². The van der Waals surface area contributed by atoms with Gasteiger partial charge in [0.25, 0.3) is 10.0 Å². The number of carbonyl (C=O) groups is 1. The summed E-state index contributed by atoms with van der Waals surface area (Å²) < 4.78 is 27.3. The zero-order valence-corrected chi connectivity index (χ0v) is 17.1. The standard InChI is InChI=1S/C20H20N4O3S2/c25-19-18(22-14-15-4-2-1-3-5-15)10-12-24(19)16-6-8-17(9-7-16)29(26,27)23-20-21-11-13-28-20/h1-9,11,13,18,22H,10,12,14H2,(H,21,23). The Morgan fingerprint density at radius 3 is 2.55 bits per heavy atom. The predicted molar refractivity (Wildman–Crippen MR) is 113 cm³/mol. The van der Waals surface area contributed by atoms with Crippen LogP contribution in [0, 0.1) is 0 Å². The first-order valence-electron chi connectivity index (χ1n) is 9.14. The summed E-state index contributed by atoms with van der Waals surface area (Å²) in [6.45, 7) is 1.22. The summed E-state index contributed by atoms with van der Waals surface area (Å²) in [6.07, 6.45) is 2.24. The molecule has 4 rings (SSSR count). The fourth-order valence-corrected chi connectivity index (χ4v) is 5.00. The number of rotatable bonds is 7. The quantitative estimate of drug-likeness (QED) is 0.604. The van der Waals surface area contributed by atoms with E-state index in [1.54, 1.807) is 22.4 Å². The SMILES string of the molecule is O=C1C(NCc2ccccc2)CCN1c1ccc(S(=O)(=O)Nc2nccs2)cc1. The molecule has 0 saturated carbocycles. The van der Waals surface area contributed by atoms with E-state index in [0.717, 1.165) is 5.56 Å². The molecule has 1 fully saturated rings. The van der Waals surface area contributed by atoms with E-state index in [0.29, 0.717) is 30.3 Å². The molecule has 7 nitrogen and oxygen atoms in total. The molecule has 1 saturated heterocycles. The first kappa shape index (κ1) is 19.6. The minimum Gasteiger partial charge on any atom is -0.311 e. The Balaban J connectivity index is 1.40. The number of benzene rings is 2. The summed E-state index contributed by atoms with van der Waals surface area (Å²) >= 11 is 1.21. The molecule has 1 atom stereocenters. The van der Waals surface area contributed by atoms with Gasteiger partial charge >= 0.3 is 0 Å². The number of hydrogen-bond donors (Lipinski definition) is 2. The summed E-state index contributed by atoms with van der Waals surface area (Å²) in [4.78, 5) is 18.5.